The molecule has 0 spiro atoms. The molecule has 6 heteroatoms. The molecule has 0 heterocycles. The van der Waals surface area contributed by atoms with E-state index in [1.807, 2.05) is 0 Å². The zero-order valence-electron chi connectivity index (χ0n) is 9.43. The average Bonchev–Trinajstić information content (AvgIpc) is 2.27. The minimum Gasteiger partial charge on any atom is -0.490 e. The van der Waals surface area contributed by atoms with Gasteiger partial charge in [-0.3, -0.25) is 9.59 Å². The lowest BCUT2D eigenvalue weighted by atomic mass is 10.2. The maximum atomic E-state index is 10.7. The molecule has 1 rings (SSSR count). The number of aldehydes is 1. The molecule has 0 unspecified atom stereocenters. The number of ether oxygens (including phenoxy) is 2. The molecule has 0 saturated carbocycles. The molecule has 0 aliphatic carbocycles. The van der Waals surface area contributed by atoms with Crippen molar-refractivity contribution < 1.29 is 19.1 Å². The molecule has 0 aliphatic heterocycles. The van der Waals surface area contributed by atoms with Crippen molar-refractivity contribution in [3.8, 4) is 11.5 Å². The number of benzene rings is 1. The Morgan fingerprint density at radius 2 is 2.12 bits per heavy atom. The number of nitrogen functional groups attached to an aromatic ring is 1. The summed E-state index contributed by atoms with van der Waals surface area (Å²) >= 11 is 0. The molecule has 17 heavy (non-hydrogen) atoms. The Morgan fingerprint density at radius 1 is 1.41 bits per heavy atom. The first kappa shape index (κ1) is 12.8. The molecule has 0 aliphatic rings. The molecule has 1 aromatic carbocycles. The molecule has 4 N–H and O–H groups in total. The van der Waals surface area contributed by atoms with Crippen LogP contribution in [0.15, 0.2) is 12.1 Å². The van der Waals surface area contributed by atoms with E-state index in [4.69, 9.17) is 20.9 Å². The molecule has 6 nitrogen and oxygen atoms in total. The molecule has 0 radical (unpaired) electrons. The first-order chi connectivity index (χ1) is 8.08. The Morgan fingerprint density at radius 3 is 2.65 bits per heavy atom. The Labute approximate surface area is 98.5 Å². The van der Waals surface area contributed by atoms with Gasteiger partial charge in [0.25, 0.3) is 5.91 Å². The number of anilines is 1. The van der Waals surface area contributed by atoms with Gasteiger partial charge in [-0.05, 0) is 19.1 Å². The first-order valence-electron chi connectivity index (χ1n) is 5.01. The number of rotatable bonds is 6. The summed E-state index contributed by atoms with van der Waals surface area (Å²) in [5, 5.41) is 0. The van der Waals surface area contributed by atoms with Crippen molar-refractivity contribution in [2.75, 3.05) is 18.9 Å². The van der Waals surface area contributed by atoms with E-state index in [0.29, 0.717) is 24.2 Å². The summed E-state index contributed by atoms with van der Waals surface area (Å²) in [6.07, 6.45) is 0.650. The average molecular weight is 238 g/mol. The zero-order chi connectivity index (χ0) is 12.8. The fourth-order valence-corrected chi connectivity index (χ4v) is 1.27. The van der Waals surface area contributed by atoms with Crippen LogP contribution in [-0.2, 0) is 4.79 Å². The van der Waals surface area contributed by atoms with Gasteiger partial charge in [0.2, 0.25) is 0 Å². The van der Waals surface area contributed by atoms with E-state index in [1.165, 1.54) is 12.1 Å². The number of primary amides is 1. The highest BCUT2D eigenvalue weighted by Gasteiger charge is 2.12. The topological polar surface area (TPSA) is 105 Å². The first-order valence-corrected chi connectivity index (χ1v) is 5.01. The summed E-state index contributed by atoms with van der Waals surface area (Å²) in [5.74, 6) is -0.0848. The summed E-state index contributed by atoms with van der Waals surface area (Å²) in [5.41, 5.74) is 11.3. The summed E-state index contributed by atoms with van der Waals surface area (Å²) in [4.78, 5) is 21.3. The van der Waals surface area contributed by atoms with Gasteiger partial charge < -0.3 is 20.9 Å². The highest BCUT2D eigenvalue weighted by molar-refractivity contribution is 5.81. The van der Waals surface area contributed by atoms with Gasteiger partial charge in [-0.2, -0.15) is 0 Å². The standard InChI is InChI=1S/C11H14N2O4/c1-2-16-9-4-7(5-14)3-8(12)11(9)17-6-10(13)15/h3-5H,2,6,12H2,1H3,(H2,13,15). The van der Waals surface area contributed by atoms with E-state index in [2.05, 4.69) is 0 Å². The Kier molecular flexibility index (Phi) is 4.33. The van der Waals surface area contributed by atoms with E-state index in [9.17, 15) is 9.59 Å². The smallest absolute Gasteiger partial charge is 0.255 e. The van der Waals surface area contributed by atoms with Crippen LogP contribution in [0.5, 0.6) is 11.5 Å². The van der Waals surface area contributed by atoms with Crippen molar-refractivity contribution >= 4 is 17.9 Å². The SMILES string of the molecule is CCOc1cc(C=O)cc(N)c1OCC(N)=O. The van der Waals surface area contributed by atoms with Crippen LogP contribution in [0.25, 0.3) is 0 Å². The highest BCUT2D eigenvalue weighted by atomic mass is 16.5. The molecular formula is C11H14N2O4. The van der Waals surface area contributed by atoms with Gasteiger partial charge in [0.15, 0.2) is 18.1 Å². The minimum atomic E-state index is -0.619. The number of hydrogen-bond donors (Lipinski definition) is 2. The molecule has 0 atom stereocenters. The summed E-state index contributed by atoms with van der Waals surface area (Å²) in [7, 11) is 0. The molecule has 0 saturated heterocycles. The van der Waals surface area contributed by atoms with Crippen LogP contribution in [-0.4, -0.2) is 25.4 Å². The third-order valence-electron chi connectivity index (χ3n) is 1.90. The van der Waals surface area contributed by atoms with Gasteiger partial charge in [0, 0.05) is 5.56 Å². The second-order valence-electron chi connectivity index (χ2n) is 3.24. The Balaban J connectivity index is 3.06. The Bertz CT molecular complexity index is 432. The van der Waals surface area contributed by atoms with Crippen molar-refractivity contribution in [3.05, 3.63) is 17.7 Å². The van der Waals surface area contributed by atoms with Crippen molar-refractivity contribution in [1.29, 1.82) is 0 Å². The number of nitrogens with two attached hydrogens (primary N) is 2. The van der Waals surface area contributed by atoms with E-state index >= 15 is 0 Å². The predicted octanol–water partition coefficient (Wildman–Crippen LogP) is 0.344. The quantitative estimate of drug-likeness (QED) is 0.549. The van der Waals surface area contributed by atoms with Crippen LogP contribution in [0.3, 0.4) is 0 Å². The van der Waals surface area contributed by atoms with Gasteiger partial charge >= 0.3 is 0 Å². The fraction of sp³-hybridized carbons (Fsp3) is 0.273. The largest absolute Gasteiger partial charge is 0.490 e. The van der Waals surface area contributed by atoms with Gasteiger partial charge in [-0.15, -0.1) is 0 Å². The predicted molar refractivity (Wildman–Crippen MR) is 62.1 cm³/mol. The molecule has 0 aromatic heterocycles. The molecule has 0 fully saturated rings. The molecule has 92 valence electrons. The van der Waals surface area contributed by atoms with Crippen LogP contribution in [0.4, 0.5) is 5.69 Å². The number of amides is 1. The van der Waals surface area contributed by atoms with Crippen molar-refractivity contribution in [2.24, 2.45) is 5.73 Å². The lowest BCUT2D eigenvalue weighted by Gasteiger charge is -2.13. The number of carbonyl (C=O) groups excluding carboxylic acids is 2. The van der Waals surface area contributed by atoms with Crippen molar-refractivity contribution in [1.82, 2.24) is 0 Å². The zero-order valence-corrected chi connectivity index (χ0v) is 9.43. The lowest BCUT2D eigenvalue weighted by molar-refractivity contribution is -0.119. The maximum Gasteiger partial charge on any atom is 0.255 e. The molecule has 1 aromatic rings. The number of carbonyl (C=O) groups is 2. The van der Waals surface area contributed by atoms with Gasteiger partial charge in [0.05, 0.1) is 12.3 Å². The van der Waals surface area contributed by atoms with Crippen molar-refractivity contribution in [2.45, 2.75) is 6.92 Å². The molecule has 0 bridgehead atoms. The van der Waals surface area contributed by atoms with E-state index in [1.54, 1.807) is 6.92 Å². The molecular weight excluding hydrogens is 224 g/mol. The second-order valence-corrected chi connectivity index (χ2v) is 3.24. The van der Waals surface area contributed by atoms with Crippen LogP contribution in [0, 0.1) is 0 Å². The number of hydrogen-bond acceptors (Lipinski definition) is 5. The third kappa shape index (κ3) is 3.37. The van der Waals surface area contributed by atoms with Gasteiger partial charge in [-0.25, -0.2) is 0 Å². The fourth-order valence-electron chi connectivity index (χ4n) is 1.27. The van der Waals surface area contributed by atoms with Gasteiger partial charge in [0.1, 0.15) is 6.29 Å². The minimum absolute atomic E-state index is 0.219. The van der Waals surface area contributed by atoms with Crippen LogP contribution in [0.2, 0.25) is 0 Å². The summed E-state index contributed by atoms with van der Waals surface area (Å²) in [6.45, 7) is 1.86. The Hall–Kier alpha value is -2.24. The normalized spacial score (nSPS) is 9.71. The van der Waals surface area contributed by atoms with Gasteiger partial charge in [-0.1, -0.05) is 0 Å². The summed E-state index contributed by atoms with van der Waals surface area (Å²) in [6, 6.07) is 2.93. The van der Waals surface area contributed by atoms with Crippen molar-refractivity contribution in [3.63, 3.8) is 0 Å². The van der Waals surface area contributed by atoms with Crippen LogP contribution < -0.4 is 20.9 Å². The van der Waals surface area contributed by atoms with Crippen LogP contribution >= 0.6 is 0 Å². The van der Waals surface area contributed by atoms with E-state index in [-0.39, 0.29) is 18.0 Å². The summed E-state index contributed by atoms with van der Waals surface area (Å²) < 4.78 is 10.4. The monoisotopic (exact) mass is 238 g/mol. The highest BCUT2D eigenvalue weighted by Crippen LogP contribution is 2.34. The maximum absolute atomic E-state index is 10.7. The lowest BCUT2D eigenvalue weighted by Crippen LogP contribution is -2.20. The van der Waals surface area contributed by atoms with Crippen LogP contribution in [0.1, 0.15) is 17.3 Å². The molecule has 1 amide bonds. The van der Waals surface area contributed by atoms with E-state index < -0.39 is 5.91 Å². The third-order valence-corrected chi connectivity index (χ3v) is 1.90. The second kappa shape index (κ2) is 5.74. The van der Waals surface area contributed by atoms with E-state index in [0.717, 1.165) is 0 Å².